The summed E-state index contributed by atoms with van der Waals surface area (Å²) in [5.74, 6) is -2.96. The van der Waals surface area contributed by atoms with Crippen LogP contribution in [0.3, 0.4) is 0 Å². The van der Waals surface area contributed by atoms with Gasteiger partial charge in [-0.3, -0.25) is 9.59 Å². The zero-order chi connectivity index (χ0) is 17.1. The number of hydrogen-bond acceptors (Lipinski definition) is 2. The van der Waals surface area contributed by atoms with Crippen LogP contribution in [0.5, 0.6) is 0 Å². The van der Waals surface area contributed by atoms with Gasteiger partial charge >= 0.3 is 5.97 Å². The second-order valence-corrected chi connectivity index (χ2v) is 7.37. The minimum atomic E-state index is -0.743. The summed E-state index contributed by atoms with van der Waals surface area (Å²) in [5.41, 5.74) is -0.0964. The van der Waals surface area contributed by atoms with Gasteiger partial charge in [-0.1, -0.05) is 6.07 Å². The second kappa shape index (κ2) is 5.26. The van der Waals surface area contributed by atoms with E-state index in [1.165, 1.54) is 18.2 Å². The van der Waals surface area contributed by atoms with Gasteiger partial charge in [0.25, 0.3) is 0 Å². The Morgan fingerprint density at radius 2 is 1.79 bits per heavy atom. The van der Waals surface area contributed by atoms with E-state index >= 15 is 0 Å². The molecule has 2 aliphatic carbocycles. The maximum absolute atomic E-state index is 13.8. The maximum Gasteiger partial charge on any atom is 0.307 e. The maximum atomic E-state index is 13.8. The zero-order valence-electron chi connectivity index (χ0n) is 13.2. The number of nitrogens with zero attached hydrogens (tertiary/aromatic N) is 1. The number of benzene rings is 1. The lowest BCUT2D eigenvalue weighted by Gasteiger charge is -2.33. The Hall–Kier alpha value is -1.98. The van der Waals surface area contributed by atoms with Crippen LogP contribution in [-0.4, -0.2) is 35.0 Å². The number of carbonyl (C=O) groups excluding carboxylic acids is 1. The molecule has 0 aromatic heterocycles. The Labute approximate surface area is 138 Å². The summed E-state index contributed by atoms with van der Waals surface area (Å²) in [6.07, 6.45) is 2.61. The first-order chi connectivity index (χ1) is 11.4. The molecule has 1 N–H and O–H groups in total. The van der Waals surface area contributed by atoms with Crippen molar-refractivity contribution in [2.24, 2.45) is 17.3 Å². The Morgan fingerprint density at radius 3 is 2.33 bits per heavy atom. The summed E-state index contributed by atoms with van der Waals surface area (Å²) in [5, 5.41) is 9.11. The van der Waals surface area contributed by atoms with E-state index in [1.807, 2.05) is 0 Å². The molecule has 1 aromatic rings. The van der Waals surface area contributed by atoms with Crippen LogP contribution in [-0.2, 0) is 9.59 Å². The van der Waals surface area contributed by atoms with E-state index in [4.69, 9.17) is 5.11 Å². The van der Waals surface area contributed by atoms with Crippen LogP contribution in [0, 0.1) is 28.9 Å². The summed E-state index contributed by atoms with van der Waals surface area (Å²) in [4.78, 5) is 25.4. The largest absolute Gasteiger partial charge is 0.481 e. The van der Waals surface area contributed by atoms with Gasteiger partial charge in [0.05, 0.1) is 5.92 Å². The molecule has 0 radical (unpaired) electrons. The van der Waals surface area contributed by atoms with Gasteiger partial charge in [0, 0.05) is 30.5 Å². The van der Waals surface area contributed by atoms with Crippen LogP contribution >= 0.6 is 0 Å². The molecule has 3 aliphatic rings. The normalized spacial score (nSPS) is 30.2. The second-order valence-electron chi connectivity index (χ2n) is 7.37. The fraction of sp³-hybridized carbons (Fsp3) is 0.556. The van der Waals surface area contributed by atoms with Crippen LogP contribution < -0.4 is 0 Å². The van der Waals surface area contributed by atoms with Crippen molar-refractivity contribution in [1.29, 1.82) is 0 Å². The first-order valence-corrected chi connectivity index (χ1v) is 8.38. The minimum Gasteiger partial charge on any atom is -0.481 e. The molecule has 2 saturated carbocycles. The Balaban J connectivity index is 1.38. The summed E-state index contributed by atoms with van der Waals surface area (Å²) in [6.45, 7) is 1.09. The summed E-state index contributed by atoms with van der Waals surface area (Å²) < 4.78 is 27.7. The lowest BCUT2D eigenvalue weighted by molar-refractivity contribution is -0.140. The van der Waals surface area contributed by atoms with E-state index in [1.54, 1.807) is 4.90 Å². The van der Waals surface area contributed by atoms with E-state index < -0.39 is 17.6 Å². The van der Waals surface area contributed by atoms with Crippen molar-refractivity contribution in [2.75, 3.05) is 13.1 Å². The molecule has 3 fully saturated rings. The number of piperidine rings is 1. The molecule has 0 bridgehead atoms. The van der Waals surface area contributed by atoms with E-state index in [-0.39, 0.29) is 34.6 Å². The van der Waals surface area contributed by atoms with Gasteiger partial charge < -0.3 is 10.0 Å². The van der Waals surface area contributed by atoms with Gasteiger partial charge in [-0.05, 0) is 43.2 Å². The first-order valence-electron chi connectivity index (χ1n) is 8.38. The van der Waals surface area contributed by atoms with Crippen molar-refractivity contribution in [3.05, 3.63) is 35.4 Å². The number of aliphatic carboxylic acids is 1. The van der Waals surface area contributed by atoms with Gasteiger partial charge in [0.15, 0.2) is 0 Å². The van der Waals surface area contributed by atoms with Gasteiger partial charge in [0.2, 0.25) is 5.91 Å². The highest BCUT2D eigenvalue weighted by molar-refractivity contribution is 5.83. The monoisotopic (exact) mass is 335 g/mol. The lowest BCUT2D eigenvalue weighted by Crippen LogP contribution is -2.41. The highest BCUT2D eigenvalue weighted by atomic mass is 19.1. The average molecular weight is 335 g/mol. The number of rotatable bonds is 3. The minimum absolute atomic E-state index is 0.0254. The number of carboxylic acids is 1. The van der Waals surface area contributed by atoms with Crippen molar-refractivity contribution in [3.8, 4) is 0 Å². The molecule has 4 rings (SSSR count). The van der Waals surface area contributed by atoms with Crippen molar-refractivity contribution < 1.29 is 23.5 Å². The molecule has 1 heterocycles. The van der Waals surface area contributed by atoms with E-state index in [2.05, 4.69) is 0 Å². The van der Waals surface area contributed by atoms with Crippen LogP contribution in [0.15, 0.2) is 18.2 Å². The van der Waals surface area contributed by atoms with Crippen LogP contribution in [0.2, 0.25) is 0 Å². The number of halogens is 2. The third kappa shape index (κ3) is 2.39. The molecule has 1 amide bonds. The lowest BCUT2D eigenvalue weighted by atomic mass is 9.90. The number of likely N-dealkylation sites (tertiary alicyclic amines) is 1. The van der Waals surface area contributed by atoms with Gasteiger partial charge in [0.1, 0.15) is 11.6 Å². The molecule has 6 heteroatoms. The molecule has 3 unspecified atom stereocenters. The van der Waals surface area contributed by atoms with Crippen molar-refractivity contribution in [3.63, 3.8) is 0 Å². The number of amides is 1. The number of hydrogen-bond donors (Lipinski definition) is 1. The molecule has 24 heavy (non-hydrogen) atoms. The van der Waals surface area contributed by atoms with E-state index in [9.17, 15) is 18.4 Å². The van der Waals surface area contributed by atoms with Crippen molar-refractivity contribution >= 4 is 11.9 Å². The molecule has 1 aromatic carbocycles. The Morgan fingerprint density at radius 1 is 1.17 bits per heavy atom. The van der Waals surface area contributed by atoms with Gasteiger partial charge in [-0.15, -0.1) is 0 Å². The third-order valence-corrected chi connectivity index (χ3v) is 6.04. The fourth-order valence-electron chi connectivity index (χ4n) is 4.31. The fourth-order valence-corrected chi connectivity index (χ4v) is 4.31. The van der Waals surface area contributed by atoms with Crippen LogP contribution in [0.25, 0.3) is 0 Å². The molecule has 128 valence electrons. The molecule has 3 atom stereocenters. The zero-order valence-corrected chi connectivity index (χ0v) is 13.2. The molecule has 4 nitrogen and oxygen atoms in total. The van der Waals surface area contributed by atoms with Gasteiger partial charge in [-0.2, -0.15) is 0 Å². The quantitative estimate of drug-likeness (QED) is 0.924. The molecule has 1 spiro atoms. The van der Waals surface area contributed by atoms with Crippen molar-refractivity contribution in [2.45, 2.75) is 31.6 Å². The van der Waals surface area contributed by atoms with Crippen LogP contribution in [0.1, 0.15) is 37.2 Å². The molecule has 1 saturated heterocycles. The Bertz CT molecular complexity index is 692. The standard InChI is InChI=1S/C18H19F2NO3/c19-13-2-1-3-14(20)15(13)10-8-11(10)16(22)21-6-4-18(5-7-21)9-12(18)17(23)24/h1-3,10-12H,4-9H2,(H,23,24). The SMILES string of the molecule is O=C(O)C1CC12CCN(C(=O)C1CC1c1c(F)cccc1F)CC2. The Kier molecular flexibility index (Phi) is 3.41. The van der Waals surface area contributed by atoms with Crippen molar-refractivity contribution in [1.82, 2.24) is 4.90 Å². The predicted molar refractivity (Wildman–Crippen MR) is 81.2 cm³/mol. The average Bonchev–Trinajstić information content (AvgIpc) is 3.44. The summed E-state index contributed by atoms with van der Waals surface area (Å²) >= 11 is 0. The topological polar surface area (TPSA) is 57.6 Å². The molecular weight excluding hydrogens is 316 g/mol. The smallest absolute Gasteiger partial charge is 0.307 e. The van der Waals surface area contributed by atoms with Crippen LogP contribution in [0.4, 0.5) is 8.78 Å². The number of carboxylic acid groups (broad SMARTS) is 1. The highest BCUT2D eigenvalue weighted by Gasteiger charge is 2.59. The third-order valence-electron chi connectivity index (χ3n) is 6.04. The predicted octanol–water partition coefficient (Wildman–Crippen LogP) is 2.78. The highest BCUT2D eigenvalue weighted by Crippen LogP contribution is 2.60. The number of carbonyl (C=O) groups is 2. The van der Waals surface area contributed by atoms with Gasteiger partial charge in [-0.25, -0.2) is 8.78 Å². The van der Waals surface area contributed by atoms with E-state index in [0.717, 1.165) is 0 Å². The first kappa shape index (κ1) is 15.5. The molecule has 1 aliphatic heterocycles. The summed E-state index contributed by atoms with van der Waals surface area (Å²) in [7, 11) is 0. The summed E-state index contributed by atoms with van der Waals surface area (Å²) in [6, 6.07) is 3.77. The van der Waals surface area contributed by atoms with E-state index in [0.29, 0.717) is 38.8 Å². The molecular formula is C18H19F2NO3.